The molecule has 0 aliphatic carbocycles. The zero-order chi connectivity index (χ0) is 9.90. The van der Waals surface area contributed by atoms with Gasteiger partial charge in [0.1, 0.15) is 11.5 Å². The van der Waals surface area contributed by atoms with Gasteiger partial charge in [-0.2, -0.15) is 0 Å². The average Bonchev–Trinajstić information content (AvgIpc) is 2.04. The molecule has 76 valence electrons. The Morgan fingerprint density at radius 2 is 1.92 bits per heavy atom. The van der Waals surface area contributed by atoms with Crippen LogP contribution in [-0.2, 0) is 14.6 Å². The van der Waals surface area contributed by atoms with E-state index < -0.39 is 9.84 Å². The van der Waals surface area contributed by atoms with Gasteiger partial charge in [0.2, 0.25) is 0 Å². The Morgan fingerprint density at radius 1 is 1.38 bits per heavy atom. The summed E-state index contributed by atoms with van der Waals surface area (Å²) in [4.78, 5) is 10.7. The van der Waals surface area contributed by atoms with Crippen LogP contribution in [0.1, 0.15) is 19.8 Å². The summed E-state index contributed by atoms with van der Waals surface area (Å²) < 4.78 is 23.1. The summed E-state index contributed by atoms with van der Waals surface area (Å²) in [6.07, 6.45) is 1.27. The second-order valence-electron chi connectivity index (χ2n) is 3.46. The van der Waals surface area contributed by atoms with E-state index in [4.69, 9.17) is 0 Å². The van der Waals surface area contributed by atoms with E-state index in [0.29, 0.717) is 12.8 Å². The third kappa shape index (κ3) is 3.08. The Kier molecular flexibility index (Phi) is 3.44. The molecule has 0 bridgehead atoms. The highest BCUT2D eigenvalue weighted by Crippen LogP contribution is 2.13. The Bertz CT molecular complexity index is 278. The molecule has 0 unspecified atom stereocenters. The van der Waals surface area contributed by atoms with Gasteiger partial charge in [0.05, 0.1) is 5.25 Å². The quantitative estimate of drug-likeness (QED) is 0.689. The minimum Gasteiger partial charge on any atom is -0.317 e. The van der Waals surface area contributed by atoms with Gasteiger partial charge in [-0.3, -0.25) is 4.79 Å². The van der Waals surface area contributed by atoms with Gasteiger partial charge in [-0.25, -0.2) is 8.42 Å². The van der Waals surface area contributed by atoms with Crippen LogP contribution in [0.5, 0.6) is 0 Å². The molecule has 0 radical (unpaired) electrons. The molecule has 5 heteroatoms. The lowest BCUT2D eigenvalue weighted by Gasteiger charge is -2.21. The van der Waals surface area contributed by atoms with Crippen molar-refractivity contribution in [3.05, 3.63) is 0 Å². The number of Topliss-reactive ketones (excluding diaryl/α,β-unsaturated/α-hetero) is 1. The first-order valence-corrected chi connectivity index (χ1v) is 6.15. The molecule has 4 nitrogen and oxygen atoms in total. The van der Waals surface area contributed by atoms with E-state index in [-0.39, 0.29) is 16.8 Å². The SMILES string of the molecule is CC(=O)CS(=O)(=O)C1CCNCC1. The van der Waals surface area contributed by atoms with Crippen molar-refractivity contribution in [1.82, 2.24) is 5.32 Å². The fourth-order valence-corrected chi connectivity index (χ4v) is 3.31. The Labute approximate surface area is 78.6 Å². The van der Waals surface area contributed by atoms with Gasteiger partial charge in [-0.05, 0) is 32.9 Å². The summed E-state index contributed by atoms with van der Waals surface area (Å²) in [5, 5.41) is 2.78. The van der Waals surface area contributed by atoms with Crippen molar-refractivity contribution >= 4 is 15.6 Å². The fourth-order valence-electron chi connectivity index (χ4n) is 1.56. The molecule has 1 aliphatic heterocycles. The number of carbonyl (C=O) groups excluding carboxylic acids is 1. The smallest absolute Gasteiger partial charge is 0.160 e. The molecular formula is C8H15NO3S. The lowest BCUT2D eigenvalue weighted by molar-refractivity contribution is -0.114. The zero-order valence-electron chi connectivity index (χ0n) is 7.75. The number of hydrogen-bond acceptors (Lipinski definition) is 4. The number of nitrogens with one attached hydrogen (secondary N) is 1. The molecule has 0 aromatic heterocycles. The molecular weight excluding hydrogens is 190 g/mol. The predicted octanol–water partition coefficient (Wildman–Crippen LogP) is -0.258. The minimum absolute atomic E-state index is 0.265. The third-order valence-corrected chi connectivity index (χ3v) is 4.49. The van der Waals surface area contributed by atoms with Crippen molar-refractivity contribution < 1.29 is 13.2 Å². The lowest BCUT2D eigenvalue weighted by Crippen LogP contribution is -2.37. The number of ketones is 1. The maximum absolute atomic E-state index is 11.5. The number of rotatable bonds is 3. The molecule has 0 aromatic rings. The van der Waals surface area contributed by atoms with Crippen LogP contribution in [-0.4, -0.2) is 38.3 Å². The van der Waals surface area contributed by atoms with Crippen molar-refractivity contribution in [2.45, 2.75) is 25.0 Å². The third-order valence-electron chi connectivity index (χ3n) is 2.20. The van der Waals surface area contributed by atoms with E-state index in [0.717, 1.165) is 13.1 Å². The van der Waals surface area contributed by atoms with Crippen molar-refractivity contribution in [1.29, 1.82) is 0 Å². The average molecular weight is 205 g/mol. The van der Waals surface area contributed by atoms with Crippen molar-refractivity contribution in [3.63, 3.8) is 0 Å². The van der Waals surface area contributed by atoms with E-state index in [9.17, 15) is 13.2 Å². The van der Waals surface area contributed by atoms with Crippen LogP contribution < -0.4 is 5.32 Å². The summed E-state index contributed by atoms with van der Waals surface area (Å²) in [5.74, 6) is -0.559. The monoisotopic (exact) mass is 205 g/mol. The molecule has 0 atom stereocenters. The molecule has 0 aromatic carbocycles. The highest BCUT2D eigenvalue weighted by Gasteiger charge is 2.27. The molecule has 1 heterocycles. The molecule has 0 amide bonds. The summed E-state index contributed by atoms with van der Waals surface area (Å²) in [6.45, 7) is 2.79. The molecule has 1 rings (SSSR count). The highest BCUT2D eigenvalue weighted by atomic mass is 32.2. The normalized spacial score (nSPS) is 20.1. The van der Waals surface area contributed by atoms with E-state index in [1.54, 1.807) is 0 Å². The van der Waals surface area contributed by atoms with Gasteiger partial charge in [0.15, 0.2) is 9.84 Å². The topological polar surface area (TPSA) is 63.2 Å². The van der Waals surface area contributed by atoms with Crippen LogP contribution in [0.4, 0.5) is 0 Å². The molecule has 0 spiro atoms. The van der Waals surface area contributed by atoms with Gasteiger partial charge >= 0.3 is 0 Å². The maximum atomic E-state index is 11.5. The van der Waals surface area contributed by atoms with Crippen LogP contribution in [0.3, 0.4) is 0 Å². The van der Waals surface area contributed by atoms with E-state index in [1.807, 2.05) is 0 Å². The molecule has 13 heavy (non-hydrogen) atoms. The first-order chi connectivity index (χ1) is 6.02. The number of hydrogen-bond donors (Lipinski definition) is 1. The maximum Gasteiger partial charge on any atom is 0.160 e. The Balaban J connectivity index is 2.62. The van der Waals surface area contributed by atoms with Crippen LogP contribution >= 0.6 is 0 Å². The second kappa shape index (κ2) is 4.19. The van der Waals surface area contributed by atoms with E-state index in [1.165, 1.54) is 6.92 Å². The molecule has 1 aliphatic rings. The van der Waals surface area contributed by atoms with Gasteiger partial charge in [0, 0.05) is 0 Å². The van der Waals surface area contributed by atoms with E-state index >= 15 is 0 Å². The molecule has 1 fully saturated rings. The van der Waals surface area contributed by atoms with Gasteiger partial charge in [0.25, 0.3) is 0 Å². The van der Waals surface area contributed by atoms with E-state index in [2.05, 4.69) is 5.32 Å². The summed E-state index contributed by atoms with van der Waals surface area (Å²) in [5.41, 5.74) is 0. The van der Waals surface area contributed by atoms with Crippen molar-refractivity contribution in [3.8, 4) is 0 Å². The standard InChI is InChI=1S/C8H15NO3S/c1-7(10)6-13(11,12)8-2-4-9-5-3-8/h8-9H,2-6H2,1H3. The molecule has 1 saturated heterocycles. The minimum atomic E-state index is -3.17. The van der Waals surface area contributed by atoms with Crippen LogP contribution in [0, 0.1) is 0 Å². The van der Waals surface area contributed by atoms with Crippen molar-refractivity contribution in [2.24, 2.45) is 0 Å². The van der Waals surface area contributed by atoms with Gasteiger partial charge < -0.3 is 5.32 Å². The Morgan fingerprint density at radius 3 is 2.38 bits per heavy atom. The van der Waals surface area contributed by atoms with Crippen LogP contribution in [0.15, 0.2) is 0 Å². The molecule has 0 saturated carbocycles. The first kappa shape index (κ1) is 10.7. The zero-order valence-corrected chi connectivity index (χ0v) is 8.56. The van der Waals surface area contributed by atoms with Gasteiger partial charge in [-0.15, -0.1) is 0 Å². The predicted molar refractivity (Wildman–Crippen MR) is 50.4 cm³/mol. The second-order valence-corrected chi connectivity index (χ2v) is 5.74. The number of sulfone groups is 1. The number of carbonyl (C=O) groups is 1. The largest absolute Gasteiger partial charge is 0.317 e. The number of piperidine rings is 1. The molecule has 1 N–H and O–H groups in total. The Hall–Kier alpha value is -0.420. The summed E-state index contributed by atoms with van der Waals surface area (Å²) in [6, 6.07) is 0. The summed E-state index contributed by atoms with van der Waals surface area (Å²) >= 11 is 0. The lowest BCUT2D eigenvalue weighted by atomic mass is 10.2. The van der Waals surface area contributed by atoms with Gasteiger partial charge in [-0.1, -0.05) is 0 Å². The first-order valence-electron chi connectivity index (χ1n) is 4.44. The summed E-state index contributed by atoms with van der Waals surface area (Å²) in [7, 11) is -3.17. The van der Waals surface area contributed by atoms with Crippen molar-refractivity contribution in [2.75, 3.05) is 18.8 Å². The van der Waals surface area contributed by atoms with Crippen LogP contribution in [0.25, 0.3) is 0 Å². The highest BCUT2D eigenvalue weighted by molar-refractivity contribution is 7.92. The fraction of sp³-hybridized carbons (Fsp3) is 0.875. The van der Waals surface area contributed by atoms with Crippen LogP contribution in [0.2, 0.25) is 0 Å².